The highest BCUT2D eigenvalue weighted by molar-refractivity contribution is 7.89. The molecule has 1 aromatic heterocycles. The summed E-state index contributed by atoms with van der Waals surface area (Å²) < 4.78 is 42.1. The summed E-state index contributed by atoms with van der Waals surface area (Å²) in [6.45, 7) is 2.80. The average Bonchev–Trinajstić information content (AvgIpc) is 3.06. The molecule has 130 valence electrons. The average molecular weight is 373 g/mol. The van der Waals surface area contributed by atoms with Crippen LogP contribution in [0.15, 0.2) is 29.4 Å². The number of aromatic nitrogens is 3. The molecule has 6 nitrogen and oxygen atoms in total. The molecule has 1 fully saturated rings. The van der Waals surface area contributed by atoms with Crippen molar-refractivity contribution in [2.24, 2.45) is 0 Å². The van der Waals surface area contributed by atoms with E-state index in [4.69, 9.17) is 11.6 Å². The molecule has 2 aromatic rings. The number of nitrogens with zero attached hydrogens (tertiary/aromatic N) is 4. The molecule has 3 rings (SSSR count). The maximum absolute atomic E-state index is 13.3. The number of rotatable bonds is 4. The van der Waals surface area contributed by atoms with Crippen molar-refractivity contribution in [2.45, 2.75) is 37.1 Å². The quantitative estimate of drug-likeness (QED) is 0.827. The maximum atomic E-state index is 13.3. The minimum absolute atomic E-state index is 0.0193. The van der Waals surface area contributed by atoms with Crippen molar-refractivity contribution < 1.29 is 12.8 Å². The van der Waals surface area contributed by atoms with E-state index in [1.807, 2.05) is 11.5 Å². The molecule has 0 N–H and O–H groups in total. The molecular weight excluding hydrogens is 355 g/mol. The molecular formula is C15H18ClFN4O2S. The summed E-state index contributed by atoms with van der Waals surface area (Å²) in [5.74, 6) is 0.274. The van der Waals surface area contributed by atoms with Crippen LogP contribution in [-0.4, -0.2) is 40.6 Å². The summed E-state index contributed by atoms with van der Waals surface area (Å²) in [6.07, 6.45) is 3.85. The molecule has 0 bridgehead atoms. The van der Waals surface area contributed by atoms with E-state index in [1.54, 1.807) is 6.33 Å². The van der Waals surface area contributed by atoms with Gasteiger partial charge in [-0.2, -0.15) is 4.31 Å². The second-order valence-corrected chi connectivity index (χ2v) is 8.06. The fourth-order valence-electron chi connectivity index (χ4n) is 2.97. The van der Waals surface area contributed by atoms with E-state index in [-0.39, 0.29) is 16.0 Å². The highest BCUT2D eigenvalue weighted by Crippen LogP contribution is 2.28. The van der Waals surface area contributed by atoms with Crippen LogP contribution in [0.5, 0.6) is 0 Å². The van der Waals surface area contributed by atoms with Crippen molar-refractivity contribution >= 4 is 21.6 Å². The molecule has 1 saturated heterocycles. The predicted octanol–water partition coefficient (Wildman–Crippen LogP) is 2.66. The molecule has 0 radical (unpaired) electrons. The van der Waals surface area contributed by atoms with Crippen LogP contribution in [0.3, 0.4) is 0 Å². The zero-order chi connectivity index (χ0) is 17.3. The van der Waals surface area contributed by atoms with E-state index in [2.05, 4.69) is 10.2 Å². The van der Waals surface area contributed by atoms with Gasteiger partial charge in [0, 0.05) is 25.6 Å². The Balaban J connectivity index is 1.75. The summed E-state index contributed by atoms with van der Waals surface area (Å²) in [7, 11) is -3.67. The third-order valence-corrected chi connectivity index (χ3v) is 6.49. The van der Waals surface area contributed by atoms with Gasteiger partial charge in [0.25, 0.3) is 0 Å². The van der Waals surface area contributed by atoms with Crippen LogP contribution >= 0.6 is 11.6 Å². The SMILES string of the molecule is CCc1nncn1C1CCN(S(=O)(=O)c2ccc(F)c(Cl)c2)CC1. The third kappa shape index (κ3) is 3.18. The summed E-state index contributed by atoms with van der Waals surface area (Å²) in [5, 5.41) is 7.81. The number of aryl methyl sites for hydroxylation is 1. The molecule has 0 saturated carbocycles. The smallest absolute Gasteiger partial charge is 0.243 e. The first-order valence-corrected chi connectivity index (χ1v) is 9.59. The molecule has 1 aliphatic heterocycles. The normalized spacial score (nSPS) is 17.3. The molecule has 0 atom stereocenters. The van der Waals surface area contributed by atoms with Gasteiger partial charge in [-0.15, -0.1) is 10.2 Å². The molecule has 0 spiro atoms. The number of sulfonamides is 1. The van der Waals surface area contributed by atoms with Crippen LogP contribution in [0.1, 0.15) is 31.6 Å². The topological polar surface area (TPSA) is 68.1 Å². The first-order valence-electron chi connectivity index (χ1n) is 7.77. The fourth-order valence-corrected chi connectivity index (χ4v) is 4.71. The Labute approximate surface area is 145 Å². The van der Waals surface area contributed by atoms with E-state index in [9.17, 15) is 12.8 Å². The summed E-state index contributed by atoms with van der Waals surface area (Å²) in [5.41, 5.74) is 0. The van der Waals surface area contributed by atoms with E-state index >= 15 is 0 Å². The van der Waals surface area contributed by atoms with Crippen LogP contribution in [0.25, 0.3) is 0 Å². The van der Waals surface area contributed by atoms with Gasteiger partial charge in [-0.05, 0) is 31.0 Å². The number of piperidine rings is 1. The number of hydrogen-bond donors (Lipinski definition) is 0. The van der Waals surface area contributed by atoms with Crippen LogP contribution in [0.4, 0.5) is 4.39 Å². The Hall–Kier alpha value is -1.51. The van der Waals surface area contributed by atoms with Gasteiger partial charge < -0.3 is 4.57 Å². The van der Waals surface area contributed by atoms with E-state index in [1.165, 1.54) is 10.4 Å². The van der Waals surface area contributed by atoms with Gasteiger partial charge >= 0.3 is 0 Å². The lowest BCUT2D eigenvalue weighted by Gasteiger charge is -2.32. The first kappa shape index (κ1) is 17.3. The zero-order valence-corrected chi connectivity index (χ0v) is 14.8. The third-order valence-electron chi connectivity index (χ3n) is 4.31. The Morgan fingerprint density at radius 2 is 2.04 bits per heavy atom. The number of hydrogen-bond acceptors (Lipinski definition) is 4. The summed E-state index contributed by atoms with van der Waals surface area (Å²) in [4.78, 5) is 0.0193. The Morgan fingerprint density at radius 1 is 1.33 bits per heavy atom. The Kier molecular flexibility index (Phi) is 4.89. The van der Waals surface area contributed by atoms with E-state index in [0.29, 0.717) is 25.9 Å². The molecule has 9 heteroatoms. The van der Waals surface area contributed by atoms with Gasteiger partial charge in [-0.3, -0.25) is 0 Å². The van der Waals surface area contributed by atoms with Gasteiger partial charge in [0.15, 0.2) is 0 Å². The van der Waals surface area contributed by atoms with Crippen molar-refractivity contribution in [2.75, 3.05) is 13.1 Å². The van der Waals surface area contributed by atoms with Crippen LogP contribution in [0.2, 0.25) is 5.02 Å². The lowest BCUT2D eigenvalue weighted by Crippen LogP contribution is -2.39. The van der Waals surface area contributed by atoms with Crippen molar-refractivity contribution in [3.05, 3.63) is 41.2 Å². The largest absolute Gasteiger partial charge is 0.314 e. The maximum Gasteiger partial charge on any atom is 0.243 e. The van der Waals surface area contributed by atoms with Gasteiger partial charge in [-0.25, -0.2) is 12.8 Å². The van der Waals surface area contributed by atoms with Crippen molar-refractivity contribution in [3.8, 4) is 0 Å². The van der Waals surface area contributed by atoms with Crippen molar-refractivity contribution in [1.82, 2.24) is 19.1 Å². The highest BCUT2D eigenvalue weighted by Gasteiger charge is 2.31. The zero-order valence-electron chi connectivity index (χ0n) is 13.2. The molecule has 1 aromatic carbocycles. The molecule has 24 heavy (non-hydrogen) atoms. The molecule has 0 unspecified atom stereocenters. The minimum atomic E-state index is -3.67. The van der Waals surface area contributed by atoms with E-state index < -0.39 is 15.8 Å². The molecule has 2 heterocycles. The van der Waals surface area contributed by atoms with Crippen molar-refractivity contribution in [3.63, 3.8) is 0 Å². The summed E-state index contributed by atoms with van der Waals surface area (Å²) >= 11 is 5.71. The Morgan fingerprint density at radius 3 is 2.67 bits per heavy atom. The molecule has 1 aliphatic rings. The van der Waals surface area contributed by atoms with Crippen LogP contribution < -0.4 is 0 Å². The minimum Gasteiger partial charge on any atom is -0.314 e. The lowest BCUT2D eigenvalue weighted by atomic mass is 10.1. The second-order valence-electron chi connectivity index (χ2n) is 5.72. The van der Waals surface area contributed by atoms with E-state index in [0.717, 1.165) is 24.4 Å². The molecule has 0 amide bonds. The van der Waals surface area contributed by atoms with Crippen LogP contribution in [-0.2, 0) is 16.4 Å². The Bertz CT molecular complexity index is 832. The van der Waals surface area contributed by atoms with Gasteiger partial charge in [0.05, 0.1) is 9.92 Å². The fraction of sp³-hybridized carbons (Fsp3) is 0.467. The highest BCUT2D eigenvalue weighted by atomic mass is 35.5. The van der Waals surface area contributed by atoms with Crippen LogP contribution in [0, 0.1) is 5.82 Å². The number of benzene rings is 1. The number of halogens is 2. The van der Waals surface area contributed by atoms with Gasteiger partial charge in [-0.1, -0.05) is 18.5 Å². The van der Waals surface area contributed by atoms with Gasteiger partial charge in [0.1, 0.15) is 18.0 Å². The second kappa shape index (κ2) is 6.78. The van der Waals surface area contributed by atoms with Gasteiger partial charge in [0.2, 0.25) is 10.0 Å². The first-order chi connectivity index (χ1) is 11.4. The predicted molar refractivity (Wildman–Crippen MR) is 87.8 cm³/mol. The van der Waals surface area contributed by atoms with Crippen molar-refractivity contribution in [1.29, 1.82) is 0 Å². The lowest BCUT2D eigenvalue weighted by molar-refractivity contribution is 0.270. The monoisotopic (exact) mass is 372 g/mol. The summed E-state index contributed by atoms with van der Waals surface area (Å²) in [6, 6.07) is 3.68. The molecule has 0 aliphatic carbocycles. The standard InChI is InChI=1S/C15H18ClFN4O2S/c1-2-15-19-18-10-21(15)11-5-7-20(8-6-11)24(22,23)12-3-4-14(17)13(16)9-12/h3-4,9-11H,2,5-8H2,1H3.